The van der Waals surface area contributed by atoms with Crippen LogP contribution in [0.25, 0.3) is 0 Å². The predicted octanol–water partition coefficient (Wildman–Crippen LogP) is 1.36. The minimum absolute atomic E-state index is 0.0271. The molecule has 2 atom stereocenters. The number of halogens is 1. The number of nitrogens with zero attached hydrogens (tertiary/aromatic N) is 1. The highest BCUT2D eigenvalue weighted by atomic mass is 32.3. The molecule has 0 aliphatic carbocycles. The lowest BCUT2D eigenvalue weighted by atomic mass is 10.0. The molecule has 2 heterocycles. The van der Waals surface area contributed by atoms with Crippen molar-refractivity contribution in [2.75, 3.05) is 6.61 Å². The monoisotopic (exact) mass is 332 g/mol. The second kappa shape index (κ2) is 7.01. The summed E-state index contributed by atoms with van der Waals surface area (Å²) in [6.45, 7) is 2.59. The molecule has 1 amide bonds. The van der Waals surface area contributed by atoms with Crippen molar-refractivity contribution in [3.8, 4) is 5.75 Å². The van der Waals surface area contributed by atoms with Gasteiger partial charge in [-0.15, -0.1) is 0 Å². The standard InChI is InChI=1S/C13H17FN2O5S/c1-2-11-6-10(3-4-20-11)16-13(17)9-5-12(8-15-7-9)21-22(14,18)19/h5,7-8,10-11H,2-4,6H2,1H3,(H,16,17). The molecule has 1 aliphatic heterocycles. The Morgan fingerprint density at radius 1 is 1.55 bits per heavy atom. The van der Waals surface area contributed by atoms with E-state index in [1.165, 1.54) is 6.20 Å². The molecule has 1 saturated heterocycles. The number of carbonyl (C=O) groups is 1. The Kier molecular flexibility index (Phi) is 5.30. The number of aromatic nitrogens is 1. The minimum Gasteiger partial charge on any atom is -0.378 e. The summed E-state index contributed by atoms with van der Waals surface area (Å²) in [4.78, 5) is 15.8. The summed E-state index contributed by atoms with van der Waals surface area (Å²) in [7, 11) is -5.15. The second-order valence-corrected chi connectivity index (χ2v) is 5.93. The maximum atomic E-state index is 12.5. The van der Waals surface area contributed by atoms with Crippen LogP contribution >= 0.6 is 0 Å². The number of carbonyl (C=O) groups excluding carboxylic acids is 1. The first-order chi connectivity index (χ1) is 10.4. The van der Waals surface area contributed by atoms with Crippen LogP contribution in [-0.2, 0) is 15.2 Å². The molecule has 2 unspecified atom stereocenters. The van der Waals surface area contributed by atoms with Crippen LogP contribution in [0, 0.1) is 0 Å². The number of pyridine rings is 1. The van der Waals surface area contributed by atoms with Crippen LogP contribution in [0.15, 0.2) is 18.5 Å². The van der Waals surface area contributed by atoms with Crippen molar-refractivity contribution in [3.05, 3.63) is 24.0 Å². The molecule has 1 N–H and O–H groups in total. The number of nitrogens with one attached hydrogen (secondary N) is 1. The van der Waals surface area contributed by atoms with Crippen molar-refractivity contribution in [1.29, 1.82) is 0 Å². The average Bonchev–Trinajstić information content (AvgIpc) is 2.46. The predicted molar refractivity (Wildman–Crippen MR) is 75.4 cm³/mol. The van der Waals surface area contributed by atoms with E-state index in [2.05, 4.69) is 14.5 Å². The highest BCUT2D eigenvalue weighted by Gasteiger charge is 2.23. The Hall–Kier alpha value is -1.74. The van der Waals surface area contributed by atoms with Crippen molar-refractivity contribution in [3.63, 3.8) is 0 Å². The zero-order valence-electron chi connectivity index (χ0n) is 12.0. The maximum absolute atomic E-state index is 12.5. The molecular weight excluding hydrogens is 315 g/mol. The Morgan fingerprint density at radius 2 is 2.32 bits per heavy atom. The SMILES string of the molecule is CCC1CC(NC(=O)c2cncc(OS(=O)(=O)F)c2)CCO1. The zero-order chi connectivity index (χ0) is 16.2. The summed E-state index contributed by atoms with van der Waals surface area (Å²) in [5, 5.41) is 2.83. The summed E-state index contributed by atoms with van der Waals surface area (Å²) < 4.78 is 42.9. The van der Waals surface area contributed by atoms with Crippen LogP contribution in [0.1, 0.15) is 36.5 Å². The third kappa shape index (κ3) is 4.92. The molecule has 9 heteroatoms. The summed E-state index contributed by atoms with van der Waals surface area (Å²) in [5.74, 6) is -0.774. The first kappa shape index (κ1) is 16.6. The lowest BCUT2D eigenvalue weighted by Crippen LogP contribution is -2.41. The lowest BCUT2D eigenvalue weighted by Gasteiger charge is -2.29. The van der Waals surface area contributed by atoms with Gasteiger partial charge in [-0.05, 0) is 25.3 Å². The Bertz CT molecular complexity index is 637. The largest absolute Gasteiger partial charge is 0.488 e. The van der Waals surface area contributed by atoms with Gasteiger partial charge < -0.3 is 14.2 Å². The van der Waals surface area contributed by atoms with Crippen LogP contribution in [0.2, 0.25) is 0 Å². The highest BCUT2D eigenvalue weighted by molar-refractivity contribution is 7.81. The number of hydrogen-bond acceptors (Lipinski definition) is 6. The van der Waals surface area contributed by atoms with Gasteiger partial charge in [-0.2, -0.15) is 8.42 Å². The van der Waals surface area contributed by atoms with E-state index in [1.807, 2.05) is 6.92 Å². The molecule has 22 heavy (non-hydrogen) atoms. The molecule has 1 fully saturated rings. The van der Waals surface area contributed by atoms with Crippen molar-refractivity contribution in [1.82, 2.24) is 10.3 Å². The fraction of sp³-hybridized carbons (Fsp3) is 0.538. The summed E-state index contributed by atoms with van der Waals surface area (Å²) in [6, 6.07) is 1.09. The van der Waals surface area contributed by atoms with Gasteiger partial charge in [0.25, 0.3) is 5.91 Å². The molecule has 0 bridgehead atoms. The minimum atomic E-state index is -5.15. The van der Waals surface area contributed by atoms with Crippen molar-refractivity contribution < 1.29 is 26.0 Å². The van der Waals surface area contributed by atoms with E-state index in [9.17, 15) is 17.1 Å². The quantitative estimate of drug-likeness (QED) is 0.818. The van der Waals surface area contributed by atoms with Gasteiger partial charge in [-0.25, -0.2) is 0 Å². The van der Waals surface area contributed by atoms with E-state index in [0.29, 0.717) is 19.4 Å². The molecular formula is C13H17FN2O5S. The van der Waals surface area contributed by atoms with Crippen LogP contribution in [0.4, 0.5) is 3.89 Å². The lowest BCUT2D eigenvalue weighted by molar-refractivity contribution is 0.000618. The van der Waals surface area contributed by atoms with E-state index in [0.717, 1.165) is 18.7 Å². The van der Waals surface area contributed by atoms with Gasteiger partial charge in [0.05, 0.1) is 17.9 Å². The first-order valence-corrected chi connectivity index (χ1v) is 8.20. The van der Waals surface area contributed by atoms with Crippen molar-refractivity contribution in [2.45, 2.75) is 38.3 Å². The van der Waals surface area contributed by atoms with Gasteiger partial charge in [0.15, 0.2) is 5.75 Å². The molecule has 1 aliphatic rings. The fourth-order valence-corrected chi connectivity index (χ4v) is 2.59. The molecule has 7 nitrogen and oxygen atoms in total. The Labute approximate surface area is 128 Å². The average molecular weight is 332 g/mol. The van der Waals surface area contributed by atoms with Gasteiger partial charge in [0.2, 0.25) is 0 Å². The summed E-state index contributed by atoms with van der Waals surface area (Å²) >= 11 is 0. The highest BCUT2D eigenvalue weighted by Crippen LogP contribution is 2.18. The Balaban J connectivity index is 2.02. The number of rotatable bonds is 5. The van der Waals surface area contributed by atoms with Crippen LogP contribution in [-0.4, -0.2) is 38.1 Å². The smallest absolute Gasteiger partial charge is 0.378 e. The summed E-state index contributed by atoms with van der Waals surface area (Å²) in [6.07, 6.45) is 4.66. The van der Waals surface area contributed by atoms with Gasteiger partial charge in [0, 0.05) is 18.8 Å². The summed E-state index contributed by atoms with van der Waals surface area (Å²) in [5.41, 5.74) is 0.0979. The third-order valence-corrected chi connectivity index (χ3v) is 3.72. The van der Waals surface area contributed by atoms with Gasteiger partial charge in [-0.3, -0.25) is 9.78 Å². The molecule has 0 radical (unpaired) electrons. The molecule has 122 valence electrons. The second-order valence-electron chi connectivity index (χ2n) is 4.98. The molecule has 0 spiro atoms. The zero-order valence-corrected chi connectivity index (χ0v) is 12.8. The van der Waals surface area contributed by atoms with Crippen LogP contribution < -0.4 is 9.50 Å². The number of ether oxygens (including phenoxy) is 1. The van der Waals surface area contributed by atoms with Crippen LogP contribution in [0.3, 0.4) is 0 Å². The van der Waals surface area contributed by atoms with E-state index >= 15 is 0 Å². The number of amides is 1. The molecule has 1 aromatic heterocycles. The van der Waals surface area contributed by atoms with Crippen molar-refractivity contribution >= 4 is 16.4 Å². The first-order valence-electron chi connectivity index (χ1n) is 6.89. The molecule has 0 aromatic carbocycles. The van der Waals surface area contributed by atoms with E-state index in [-0.39, 0.29) is 23.5 Å². The van der Waals surface area contributed by atoms with E-state index < -0.39 is 16.4 Å². The fourth-order valence-electron chi connectivity index (χ4n) is 2.27. The van der Waals surface area contributed by atoms with Crippen LogP contribution in [0.5, 0.6) is 5.75 Å². The van der Waals surface area contributed by atoms with E-state index in [4.69, 9.17) is 4.74 Å². The Morgan fingerprint density at radius 3 is 3.00 bits per heavy atom. The normalized spacial score (nSPS) is 22.1. The van der Waals surface area contributed by atoms with Gasteiger partial charge in [-0.1, -0.05) is 10.8 Å². The number of hydrogen-bond donors (Lipinski definition) is 1. The third-order valence-electron chi connectivity index (χ3n) is 3.33. The molecule has 2 rings (SSSR count). The van der Waals surface area contributed by atoms with Gasteiger partial charge in [0.1, 0.15) is 0 Å². The van der Waals surface area contributed by atoms with Crippen molar-refractivity contribution in [2.24, 2.45) is 0 Å². The molecule has 1 aromatic rings. The van der Waals surface area contributed by atoms with Gasteiger partial charge >= 0.3 is 10.5 Å². The van der Waals surface area contributed by atoms with E-state index in [1.54, 1.807) is 0 Å². The topological polar surface area (TPSA) is 94.6 Å². The maximum Gasteiger partial charge on any atom is 0.488 e. The molecule has 0 saturated carbocycles.